The van der Waals surface area contributed by atoms with Crippen molar-refractivity contribution in [1.82, 2.24) is 5.32 Å². The summed E-state index contributed by atoms with van der Waals surface area (Å²) in [6.45, 7) is 4.06. The van der Waals surface area contributed by atoms with Crippen LogP contribution in [0.2, 0.25) is 0 Å². The lowest BCUT2D eigenvalue weighted by atomic mass is 9.76. The number of carbonyl (C=O) groups is 1. The zero-order valence-electron chi connectivity index (χ0n) is 10.3. The van der Waals surface area contributed by atoms with Crippen molar-refractivity contribution in [2.75, 3.05) is 6.61 Å². The van der Waals surface area contributed by atoms with Crippen molar-refractivity contribution >= 4 is 5.91 Å². The average Bonchev–Trinajstić information content (AvgIpc) is 2.27. The van der Waals surface area contributed by atoms with E-state index in [4.69, 9.17) is 5.73 Å². The molecule has 1 fully saturated rings. The smallest absolute Gasteiger partial charge is 0.237 e. The molecule has 1 rings (SSSR count). The van der Waals surface area contributed by atoms with Crippen LogP contribution < -0.4 is 11.1 Å². The van der Waals surface area contributed by atoms with Crippen molar-refractivity contribution in [3.63, 3.8) is 0 Å². The molecular formula is C12H24N2O2. The Morgan fingerprint density at radius 2 is 2.38 bits per heavy atom. The summed E-state index contributed by atoms with van der Waals surface area (Å²) >= 11 is 0. The van der Waals surface area contributed by atoms with Gasteiger partial charge in [-0.05, 0) is 25.2 Å². The van der Waals surface area contributed by atoms with Crippen molar-refractivity contribution < 1.29 is 9.90 Å². The molecule has 0 bridgehead atoms. The Kier molecular flexibility index (Phi) is 4.74. The second kappa shape index (κ2) is 5.64. The molecule has 0 spiro atoms. The molecule has 0 aromatic heterocycles. The minimum absolute atomic E-state index is 0.0134. The quantitative estimate of drug-likeness (QED) is 0.665. The molecule has 4 N–H and O–H groups in total. The minimum Gasteiger partial charge on any atom is -0.394 e. The highest BCUT2D eigenvalue weighted by molar-refractivity contribution is 5.82. The molecule has 16 heavy (non-hydrogen) atoms. The van der Waals surface area contributed by atoms with Crippen LogP contribution in [0.4, 0.5) is 0 Å². The van der Waals surface area contributed by atoms with E-state index in [9.17, 15) is 9.90 Å². The maximum atomic E-state index is 11.8. The Bertz CT molecular complexity index is 245. The van der Waals surface area contributed by atoms with Gasteiger partial charge in [-0.3, -0.25) is 4.79 Å². The van der Waals surface area contributed by atoms with E-state index in [0.29, 0.717) is 12.3 Å². The Hall–Kier alpha value is -0.610. The number of hydrogen-bond donors (Lipinski definition) is 3. The summed E-state index contributed by atoms with van der Waals surface area (Å²) in [4.78, 5) is 11.8. The maximum absolute atomic E-state index is 11.8. The highest BCUT2D eigenvalue weighted by Gasteiger charge is 2.36. The van der Waals surface area contributed by atoms with Crippen molar-refractivity contribution in [1.29, 1.82) is 0 Å². The average molecular weight is 228 g/mol. The van der Waals surface area contributed by atoms with Gasteiger partial charge in [0.25, 0.3) is 0 Å². The molecule has 1 saturated carbocycles. The first-order chi connectivity index (χ1) is 7.53. The van der Waals surface area contributed by atoms with Crippen molar-refractivity contribution in [3.8, 4) is 0 Å². The Balaban J connectivity index is 2.62. The highest BCUT2D eigenvalue weighted by Crippen LogP contribution is 2.31. The standard InChI is InChI=1S/C12H24N2O2/c1-3-10(13)11(16)14-12(8-15)6-4-5-9(2)7-12/h9-10,15H,3-8,13H2,1-2H3,(H,14,16). The summed E-state index contributed by atoms with van der Waals surface area (Å²) in [5.41, 5.74) is 5.26. The molecule has 0 aromatic rings. The molecule has 0 heterocycles. The zero-order chi connectivity index (χ0) is 12.2. The lowest BCUT2D eigenvalue weighted by Gasteiger charge is -2.39. The summed E-state index contributed by atoms with van der Waals surface area (Å²) in [5.74, 6) is 0.421. The van der Waals surface area contributed by atoms with Gasteiger partial charge in [-0.1, -0.05) is 26.7 Å². The molecule has 3 unspecified atom stereocenters. The number of rotatable bonds is 4. The molecule has 0 aliphatic heterocycles. The van der Waals surface area contributed by atoms with Crippen molar-refractivity contribution in [3.05, 3.63) is 0 Å². The van der Waals surface area contributed by atoms with Gasteiger partial charge in [0.05, 0.1) is 18.2 Å². The first-order valence-electron chi connectivity index (χ1n) is 6.21. The van der Waals surface area contributed by atoms with E-state index >= 15 is 0 Å². The van der Waals surface area contributed by atoms with Crippen molar-refractivity contribution in [2.24, 2.45) is 11.7 Å². The van der Waals surface area contributed by atoms with Crippen LogP contribution in [-0.4, -0.2) is 29.2 Å². The number of hydrogen-bond acceptors (Lipinski definition) is 3. The number of nitrogens with one attached hydrogen (secondary N) is 1. The van der Waals surface area contributed by atoms with Crippen LogP contribution in [0, 0.1) is 5.92 Å². The van der Waals surface area contributed by atoms with Crippen LogP contribution >= 0.6 is 0 Å². The highest BCUT2D eigenvalue weighted by atomic mass is 16.3. The van der Waals surface area contributed by atoms with E-state index in [-0.39, 0.29) is 12.5 Å². The molecular weight excluding hydrogens is 204 g/mol. The van der Waals surface area contributed by atoms with E-state index in [1.807, 2.05) is 6.92 Å². The summed E-state index contributed by atoms with van der Waals surface area (Å²) in [5, 5.41) is 12.5. The third-order valence-corrected chi connectivity index (χ3v) is 3.56. The van der Waals surface area contributed by atoms with Gasteiger partial charge < -0.3 is 16.2 Å². The Labute approximate surface area is 97.6 Å². The summed E-state index contributed by atoms with van der Waals surface area (Å²) in [7, 11) is 0. The van der Waals surface area contributed by atoms with E-state index in [2.05, 4.69) is 12.2 Å². The molecule has 4 nitrogen and oxygen atoms in total. The van der Waals surface area contributed by atoms with Crippen LogP contribution in [0.25, 0.3) is 0 Å². The first kappa shape index (κ1) is 13.5. The first-order valence-corrected chi connectivity index (χ1v) is 6.21. The minimum atomic E-state index is -0.458. The largest absolute Gasteiger partial charge is 0.394 e. The summed E-state index contributed by atoms with van der Waals surface area (Å²) in [6.07, 6.45) is 4.57. The number of carbonyl (C=O) groups excluding carboxylic acids is 1. The number of aliphatic hydroxyl groups excluding tert-OH is 1. The molecule has 94 valence electrons. The van der Waals surface area contributed by atoms with E-state index in [1.165, 1.54) is 6.42 Å². The van der Waals surface area contributed by atoms with Gasteiger partial charge in [-0.2, -0.15) is 0 Å². The maximum Gasteiger partial charge on any atom is 0.237 e. The molecule has 4 heteroatoms. The molecule has 0 radical (unpaired) electrons. The van der Waals surface area contributed by atoms with Crippen LogP contribution in [0.1, 0.15) is 46.0 Å². The SMILES string of the molecule is CCC(N)C(=O)NC1(CO)CCCC(C)C1. The summed E-state index contributed by atoms with van der Waals surface area (Å²) < 4.78 is 0. The number of amides is 1. The van der Waals surface area contributed by atoms with Gasteiger partial charge in [0, 0.05) is 0 Å². The van der Waals surface area contributed by atoms with Crippen LogP contribution in [0.3, 0.4) is 0 Å². The van der Waals surface area contributed by atoms with E-state index in [1.54, 1.807) is 0 Å². The van der Waals surface area contributed by atoms with Gasteiger partial charge in [0.15, 0.2) is 0 Å². The lowest BCUT2D eigenvalue weighted by molar-refractivity contribution is -0.125. The normalized spacial score (nSPS) is 32.1. The van der Waals surface area contributed by atoms with Crippen LogP contribution in [0.15, 0.2) is 0 Å². The topological polar surface area (TPSA) is 75.4 Å². The fraction of sp³-hybridized carbons (Fsp3) is 0.917. The van der Waals surface area contributed by atoms with Gasteiger partial charge in [0.1, 0.15) is 0 Å². The van der Waals surface area contributed by atoms with Gasteiger partial charge in [0.2, 0.25) is 5.91 Å². The van der Waals surface area contributed by atoms with E-state index in [0.717, 1.165) is 19.3 Å². The fourth-order valence-corrected chi connectivity index (χ4v) is 2.50. The molecule has 3 atom stereocenters. The van der Waals surface area contributed by atoms with Gasteiger partial charge >= 0.3 is 0 Å². The Morgan fingerprint density at radius 1 is 1.69 bits per heavy atom. The monoisotopic (exact) mass is 228 g/mol. The molecule has 1 aliphatic carbocycles. The predicted octanol–water partition coefficient (Wildman–Crippen LogP) is 0.781. The second-order valence-electron chi connectivity index (χ2n) is 5.14. The number of aliphatic hydroxyl groups is 1. The third kappa shape index (κ3) is 3.19. The van der Waals surface area contributed by atoms with Gasteiger partial charge in [-0.25, -0.2) is 0 Å². The second-order valence-corrected chi connectivity index (χ2v) is 5.14. The van der Waals surface area contributed by atoms with E-state index < -0.39 is 11.6 Å². The van der Waals surface area contributed by atoms with Crippen LogP contribution in [-0.2, 0) is 4.79 Å². The zero-order valence-corrected chi connectivity index (χ0v) is 10.3. The third-order valence-electron chi connectivity index (χ3n) is 3.56. The summed E-state index contributed by atoms with van der Waals surface area (Å²) in [6, 6.07) is -0.458. The van der Waals surface area contributed by atoms with Gasteiger partial charge in [-0.15, -0.1) is 0 Å². The number of nitrogens with two attached hydrogens (primary N) is 1. The molecule has 0 aromatic carbocycles. The van der Waals surface area contributed by atoms with Crippen molar-refractivity contribution in [2.45, 2.75) is 57.5 Å². The lowest BCUT2D eigenvalue weighted by Crippen LogP contribution is -2.57. The molecule has 1 aliphatic rings. The molecule has 1 amide bonds. The fourth-order valence-electron chi connectivity index (χ4n) is 2.50. The van der Waals surface area contributed by atoms with Crippen LogP contribution in [0.5, 0.6) is 0 Å². The Morgan fingerprint density at radius 3 is 2.88 bits per heavy atom. The molecule has 0 saturated heterocycles. The predicted molar refractivity (Wildman–Crippen MR) is 63.9 cm³/mol.